The number of hydrogen-bond donors (Lipinski definition) is 6. The van der Waals surface area contributed by atoms with E-state index in [-0.39, 0.29) is 53.9 Å². The molecule has 7 N–H and O–H groups in total. The molecule has 1 heterocycles. The smallest absolute Gasteiger partial charge is 0.411 e. The fraction of sp³-hybridized carbons (Fsp3) is 0.385. The van der Waals surface area contributed by atoms with Crippen LogP contribution in [0.2, 0.25) is 0 Å². The Morgan fingerprint density at radius 2 is 1.54 bits per heavy atom. The highest BCUT2D eigenvalue weighted by Gasteiger charge is 2.65. The maximum absolute atomic E-state index is 14.2. The van der Waals surface area contributed by atoms with Gasteiger partial charge in [-0.3, -0.25) is 19.5 Å². The molecule has 0 radical (unpaired) electrons. The van der Waals surface area contributed by atoms with Crippen molar-refractivity contribution in [3.8, 4) is 22.5 Å². The van der Waals surface area contributed by atoms with Gasteiger partial charge in [0.25, 0.3) is 5.91 Å². The van der Waals surface area contributed by atoms with Crippen LogP contribution in [0.4, 0.5) is 23.2 Å². The molecule has 0 saturated heterocycles. The van der Waals surface area contributed by atoms with Gasteiger partial charge >= 0.3 is 17.8 Å². The molecule has 3 aromatic carbocycles. The van der Waals surface area contributed by atoms with Crippen molar-refractivity contribution in [3.05, 3.63) is 89.2 Å². The monoisotopic (exact) mass is 801 g/mol. The minimum Gasteiger partial charge on any atom is -0.477 e. The first kappa shape index (κ1) is 43.4. The van der Waals surface area contributed by atoms with Crippen molar-refractivity contribution in [2.24, 2.45) is 17.6 Å². The van der Waals surface area contributed by atoms with Crippen LogP contribution in [0.1, 0.15) is 66.8 Å². The van der Waals surface area contributed by atoms with Crippen LogP contribution >= 0.6 is 12.4 Å². The Morgan fingerprint density at radius 3 is 2.11 bits per heavy atom. The minimum absolute atomic E-state index is 0. The second-order valence-electron chi connectivity index (χ2n) is 14.1. The molecule has 1 saturated carbocycles. The van der Waals surface area contributed by atoms with Crippen LogP contribution in [0.5, 0.6) is 0 Å². The summed E-state index contributed by atoms with van der Waals surface area (Å²) in [7, 11) is 0. The number of alkyl halides is 4. The molecule has 0 aliphatic heterocycles. The predicted octanol–water partition coefficient (Wildman–Crippen LogP) is 6.25. The Kier molecular flexibility index (Phi) is 14.0. The Hall–Kier alpha value is -5.35. The fourth-order valence-corrected chi connectivity index (χ4v) is 6.44. The van der Waals surface area contributed by atoms with Crippen LogP contribution in [0.25, 0.3) is 22.5 Å². The topological polar surface area (TPSA) is 192 Å². The van der Waals surface area contributed by atoms with E-state index in [0.717, 1.165) is 35.1 Å². The molecule has 1 aromatic heterocycles. The van der Waals surface area contributed by atoms with E-state index < -0.39 is 41.4 Å². The van der Waals surface area contributed by atoms with Gasteiger partial charge in [0, 0.05) is 35.2 Å². The summed E-state index contributed by atoms with van der Waals surface area (Å²) in [6, 6.07) is 17.6. The van der Waals surface area contributed by atoms with Crippen molar-refractivity contribution in [1.82, 2.24) is 25.8 Å². The predicted molar refractivity (Wildman–Crippen MR) is 204 cm³/mol. The summed E-state index contributed by atoms with van der Waals surface area (Å²) in [5, 5.41) is 22.3. The van der Waals surface area contributed by atoms with Gasteiger partial charge in [-0.2, -0.15) is 22.7 Å². The zero-order valence-electron chi connectivity index (χ0n) is 30.9. The molecule has 1 aliphatic rings. The third-order valence-corrected chi connectivity index (χ3v) is 9.65. The van der Waals surface area contributed by atoms with E-state index in [1.165, 1.54) is 24.3 Å². The van der Waals surface area contributed by atoms with Crippen molar-refractivity contribution < 1.29 is 41.8 Å². The van der Waals surface area contributed by atoms with E-state index in [4.69, 9.17) is 10.8 Å². The quantitative estimate of drug-likeness (QED) is 0.0806. The van der Waals surface area contributed by atoms with Gasteiger partial charge in [-0.05, 0) is 118 Å². The number of halogens is 5. The van der Waals surface area contributed by atoms with Crippen molar-refractivity contribution in [2.75, 3.05) is 11.9 Å². The van der Waals surface area contributed by atoms with Crippen LogP contribution in [0.3, 0.4) is 0 Å². The number of aryl methyl sites for hydroxylation is 1. The van der Waals surface area contributed by atoms with Gasteiger partial charge in [0.1, 0.15) is 6.04 Å². The van der Waals surface area contributed by atoms with E-state index in [2.05, 4.69) is 26.0 Å². The van der Waals surface area contributed by atoms with Crippen LogP contribution < -0.4 is 21.7 Å². The summed E-state index contributed by atoms with van der Waals surface area (Å²) in [5.41, 5.74) is 10.3. The van der Waals surface area contributed by atoms with Crippen LogP contribution in [0, 0.1) is 18.8 Å². The molecular weight excluding hydrogens is 758 g/mol. The number of anilines is 1. The third-order valence-electron chi connectivity index (χ3n) is 9.65. The Labute approximate surface area is 326 Å². The maximum atomic E-state index is 14.2. The van der Waals surface area contributed by atoms with Crippen LogP contribution in [0.15, 0.2) is 66.7 Å². The van der Waals surface area contributed by atoms with Gasteiger partial charge in [0.15, 0.2) is 5.82 Å². The number of carboxylic acids is 1. The van der Waals surface area contributed by atoms with Crippen molar-refractivity contribution in [3.63, 3.8) is 0 Å². The van der Waals surface area contributed by atoms with E-state index >= 15 is 0 Å². The average molecular weight is 802 g/mol. The number of aromatic nitrogens is 3. The number of rotatable bonds is 14. The lowest BCUT2D eigenvalue weighted by Gasteiger charge is -2.28. The molecular formula is C39H44ClF4N7O5. The molecule has 3 amide bonds. The number of aromatic amines is 1. The molecule has 0 spiro atoms. The highest BCUT2D eigenvalue weighted by atomic mass is 35.5. The van der Waals surface area contributed by atoms with Crippen LogP contribution in [-0.2, 0) is 26.7 Å². The van der Waals surface area contributed by atoms with Gasteiger partial charge < -0.3 is 26.8 Å². The first-order valence-corrected chi connectivity index (χ1v) is 17.8. The Bertz CT molecular complexity index is 2020. The molecule has 5 rings (SSSR count). The van der Waals surface area contributed by atoms with Gasteiger partial charge in [-0.15, -0.1) is 12.4 Å². The van der Waals surface area contributed by atoms with Crippen molar-refractivity contribution in [2.45, 2.75) is 76.8 Å². The van der Waals surface area contributed by atoms with Gasteiger partial charge in [0.2, 0.25) is 17.6 Å². The summed E-state index contributed by atoms with van der Waals surface area (Å²) >= 11 is 0. The molecule has 56 heavy (non-hydrogen) atoms. The highest BCUT2D eigenvalue weighted by molar-refractivity contribution is 5.98. The first-order chi connectivity index (χ1) is 26.0. The Morgan fingerprint density at radius 1 is 0.911 bits per heavy atom. The van der Waals surface area contributed by atoms with E-state index in [0.29, 0.717) is 30.9 Å². The molecule has 12 nitrogen and oxygen atoms in total. The second kappa shape index (κ2) is 18.1. The van der Waals surface area contributed by atoms with Gasteiger partial charge in [0.05, 0.1) is 0 Å². The lowest BCUT2D eigenvalue weighted by molar-refractivity contribution is -0.231. The molecule has 1 aliphatic carbocycles. The number of carboxylic acid groups (broad SMARTS) is 1. The van der Waals surface area contributed by atoms with Crippen LogP contribution in [-0.4, -0.2) is 68.5 Å². The first-order valence-electron chi connectivity index (χ1n) is 17.8. The summed E-state index contributed by atoms with van der Waals surface area (Å²) in [5.74, 6) is -16.5. The summed E-state index contributed by atoms with van der Waals surface area (Å²) in [4.78, 5) is 53.8. The summed E-state index contributed by atoms with van der Waals surface area (Å²) in [6.45, 7) is 6.25. The lowest BCUT2D eigenvalue weighted by Crippen LogP contribution is -2.48. The number of amides is 3. The summed E-state index contributed by atoms with van der Waals surface area (Å²) in [6.07, 6.45) is 3.08. The number of carbonyl (C=O) groups excluding carboxylic acids is 3. The standard InChI is InChI=1S/C39H43F4N7O5.ClH/c1-21(2)45-34(52)28-14-17-30(22(3)18-28)25-8-4-23(5-9-25)19-31(47-33(51)27-10-6-24(20-44)7-11-27)35(53)46-29-15-12-26(13-16-29)32-48-36(50-49-32)38(40,41)39(42,43)37(54)55;/h4-5,8-9,12-18,21,24,27,31H,6-7,10-11,19-20,44H2,1-3H3,(H,45,52)(H,46,53)(H,47,51)(H,54,55)(H,48,49,50);1H/t24?,27?,31-;/m0./s1. The number of benzene rings is 3. The lowest BCUT2D eigenvalue weighted by atomic mass is 9.81. The van der Waals surface area contributed by atoms with E-state index in [9.17, 15) is 36.7 Å². The number of nitrogens with zero attached hydrogens (tertiary/aromatic N) is 2. The maximum Gasteiger partial charge on any atom is 0.411 e. The molecule has 0 bridgehead atoms. The fourth-order valence-electron chi connectivity index (χ4n) is 6.44. The highest BCUT2D eigenvalue weighted by Crippen LogP contribution is 2.42. The third kappa shape index (κ3) is 9.90. The molecule has 1 atom stereocenters. The number of H-pyrrole nitrogens is 1. The average Bonchev–Trinajstić information content (AvgIpc) is 3.66. The summed E-state index contributed by atoms with van der Waals surface area (Å²) < 4.78 is 55.8. The number of aliphatic carboxylic acids is 1. The minimum atomic E-state index is -5.44. The zero-order chi connectivity index (χ0) is 40.1. The molecule has 4 aromatic rings. The van der Waals surface area contributed by atoms with E-state index in [1.54, 1.807) is 11.2 Å². The largest absolute Gasteiger partial charge is 0.477 e. The van der Waals surface area contributed by atoms with E-state index in [1.807, 2.05) is 57.2 Å². The SMILES string of the molecule is Cc1cc(C(=O)NC(C)C)ccc1-c1ccc(C[C@H](NC(=O)C2CCC(CN)CC2)C(=O)Nc2ccc(-c3n[nH]c(C(F)(F)C(F)(F)C(=O)O)n3)cc2)cc1.Cl. The number of nitrogens with one attached hydrogen (secondary N) is 4. The number of nitrogens with two attached hydrogens (primary N) is 1. The molecule has 0 unspecified atom stereocenters. The zero-order valence-corrected chi connectivity index (χ0v) is 31.7. The van der Waals surface area contributed by atoms with Gasteiger partial charge in [-0.25, -0.2) is 9.78 Å². The number of hydrogen-bond acceptors (Lipinski definition) is 7. The Balaban J connectivity index is 0.00000696. The number of carbonyl (C=O) groups is 4. The molecule has 17 heteroatoms. The van der Waals surface area contributed by atoms with Gasteiger partial charge in [-0.1, -0.05) is 30.3 Å². The van der Waals surface area contributed by atoms with Crippen molar-refractivity contribution in [1.29, 1.82) is 0 Å². The normalized spacial score (nSPS) is 16.4. The second-order valence-corrected chi connectivity index (χ2v) is 14.1. The molecule has 1 fully saturated rings. The molecule has 300 valence electrons. The van der Waals surface area contributed by atoms with Crippen molar-refractivity contribution >= 4 is 41.8 Å².